The zero-order valence-corrected chi connectivity index (χ0v) is 16.6. The van der Waals surface area contributed by atoms with Crippen LogP contribution in [0.25, 0.3) is 0 Å². The third kappa shape index (κ3) is 4.13. The Kier molecular flexibility index (Phi) is 6.21. The van der Waals surface area contributed by atoms with Crippen molar-refractivity contribution in [3.05, 3.63) is 29.8 Å². The molecule has 7 nitrogen and oxygen atoms in total. The molecular weight excluding hydrogens is 358 g/mol. The lowest BCUT2D eigenvalue weighted by molar-refractivity contribution is -0.131. The molecule has 1 aromatic rings. The van der Waals surface area contributed by atoms with Crippen LogP contribution in [0.4, 0.5) is 4.79 Å². The number of hydrogen-bond donors (Lipinski definition) is 2. The molecule has 1 heterocycles. The maximum atomic E-state index is 12.6. The van der Waals surface area contributed by atoms with Crippen LogP contribution in [0.3, 0.4) is 0 Å². The molecule has 1 spiro atoms. The van der Waals surface area contributed by atoms with Crippen molar-refractivity contribution in [2.75, 3.05) is 13.7 Å². The molecule has 1 aliphatic carbocycles. The topological polar surface area (TPSA) is 87.7 Å². The molecule has 2 N–H and O–H groups in total. The van der Waals surface area contributed by atoms with E-state index in [4.69, 9.17) is 4.74 Å². The molecule has 7 heteroatoms. The minimum atomic E-state index is -0.680. The number of nitrogens with zero attached hydrogens (tertiary/aromatic N) is 1. The third-order valence-electron chi connectivity index (χ3n) is 5.75. The van der Waals surface area contributed by atoms with E-state index in [-0.39, 0.29) is 36.9 Å². The maximum Gasteiger partial charge on any atom is 0.325 e. The van der Waals surface area contributed by atoms with Crippen LogP contribution < -0.4 is 15.4 Å². The molecule has 1 saturated carbocycles. The fourth-order valence-electron chi connectivity index (χ4n) is 4.12. The Labute approximate surface area is 165 Å². The van der Waals surface area contributed by atoms with E-state index in [0.717, 1.165) is 30.6 Å². The fraction of sp³-hybridized carbons (Fsp3) is 0.571. The zero-order valence-electron chi connectivity index (χ0n) is 16.6. The molecule has 2 aliphatic rings. The monoisotopic (exact) mass is 387 g/mol. The lowest BCUT2D eigenvalue weighted by Gasteiger charge is -2.20. The summed E-state index contributed by atoms with van der Waals surface area (Å²) in [6.45, 7) is 2.29. The highest BCUT2D eigenvalue weighted by molar-refractivity contribution is 6.07. The average Bonchev–Trinajstić information content (AvgIpc) is 3.26. The van der Waals surface area contributed by atoms with Crippen molar-refractivity contribution in [3.8, 4) is 5.75 Å². The molecule has 4 amide bonds. The lowest BCUT2D eigenvalue weighted by Crippen LogP contribution is -2.44. The number of carbonyl (C=O) groups excluding carboxylic acids is 3. The number of rotatable bonds is 8. The predicted molar refractivity (Wildman–Crippen MR) is 105 cm³/mol. The van der Waals surface area contributed by atoms with Gasteiger partial charge in [0.15, 0.2) is 0 Å². The summed E-state index contributed by atoms with van der Waals surface area (Å²) in [5, 5.41) is 5.90. The van der Waals surface area contributed by atoms with E-state index in [2.05, 4.69) is 10.6 Å². The van der Waals surface area contributed by atoms with Gasteiger partial charge in [-0.1, -0.05) is 31.9 Å². The van der Waals surface area contributed by atoms with Gasteiger partial charge in [0, 0.05) is 13.0 Å². The van der Waals surface area contributed by atoms with Gasteiger partial charge in [0.05, 0.1) is 13.2 Å². The van der Waals surface area contributed by atoms with E-state index in [0.29, 0.717) is 19.3 Å². The third-order valence-corrected chi connectivity index (χ3v) is 5.75. The number of nitrogens with one attached hydrogen (secondary N) is 2. The van der Waals surface area contributed by atoms with Crippen molar-refractivity contribution in [3.63, 3.8) is 0 Å². The first-order valence-corrected chi connectivity index (χ1v) is 10.1. The standard InChI is InChI=1S/C21H29N3O4/c1-3-17(15-8-10-16(28-2)11-9-15)22-18(25)7-6-14-24-19(26)21(23-20(24)27)12-4-5-13-21/h8-11,17H,3-7,12-14H2,1-2H3,(H,22,25)(H,23,27). The van der Waals surface area contributed by atoms with E-state index in [1.165, 1.54) is 4.90 Å². The molecule has 1 atom stereocenters. The Balaban J connectivity index is 1.48. The molecule has 2 fully saturated rings. The summed E-state index contributed by atoms with van der Waals surface area (Å²) < 4.78 is 5.17. The number of imide groups is 1. The van der Waals surface area contributed by atoms with Gasteiger partial charge in [-0.3, -0.25) is 14.5 Å². The first-order valence-electron chi connectivity index (χ1n) is 10.1. The van der Waals surface area contributed by atoms with Gasteiger partial charge in [0.1, 0.15) is 11.3 Å². The highest BCUT2D eigenvalue weighted by Crippen LogP contribution is 2.35. The minimum Gasteiger partial charge on any atom is -0.497 e. The van der Waals surface area contributed by atoms with Gasteiger partial charge < -0.3 is 15.4 Å². The Morgan fingerprint density at radius 3 is 2.54 bits per heavy atom. The van der Waals surface area contributed by atoms with Gasteiger partial charge in [-0.05, 0) is 43.4 Å². The van der Waals surface area contributed by atoms with E-state index < -0.39 is 5.54 Å². The predicted octanol–water partition coefficient (Wildman–Crippen LogP) is 2.91. The molecule has 0 aromatic heterocycles. The molecule has 152 valence electrons. The Hall–Kier alpha value is -2.57. The zero-order chi connectivity index (χ0) is 20.1. The molecule has 3 rings (SSSR count). The molecule has 1 unspecified atom stereocenters. The second-order valence-corrected chi connectivity index (χ2v) is 7.58. The number of amides is 4. The van der Waals surface area contributed by atoms with Crippen molar-refractivity contribution < 1.29 is 19.1 Å². The highest BCUT2D eigenvalue weighted by atomic mass is 16.5. The van der Waals surface area contributed by atoms with E-state index in [1.54, 1.807) is 7.11 Å². The van der Waals surface area contributed by atoms with Crippen LogP contribution in [-0.4, -0.2) is 41.9 Å². The van der Waals surface area contributed by atoms with Gasteiger partial charge in [-0.25, -0.2) is 4.79 Å². The fourth-order valence-corrected chi connectivity index (χ4v) is 4.12. The van der Waals surface area contributed by atoms with Gasteiger partial charge in [-0.2, -0.15) is 0 Å². The van der Waals surface area contributed by atoms with E-state index >= 15 is 0 Å². The summed E-state index contributed by atoms with van der Waals surface area (Å²) in [4.78, 5) is 38.4. The average molecular weight is 387 g/mol. The van der Waals surface area contributed by atoms with Crippen molar-refractivity contribution >= 4 is 17.8 Å². The van der Waals surface area contributed by atoms with Crippen LogP contribution in [0.1, 0.15) is 63.5 Å². The van der Waals surface area contributed by atoms with Gasteiger partial charge in [0.25, 0.3) is 5.91 Å². The Bertz CT molecular complexity index is 726. The SMILES string of the molecule is CCC(NC(=O)CCCN1C(=O)NC2(CCCC2)C1=O)c1ccc(OC)cc1. The molecular formula is C21H29N3O4. The summed E-state index contributed by atoms with van der Waals surface area (Å²) in [5.74, 6) is 0.573. The normalized spacial score (nSPS) is 19.0. The molecule has 0 radical (unpaired) electrons. The molecule has 1 saturated heterocycles. The van der Waals surface area contributed by atoms with Crippen LogP contribution >= 0.6 is 0 Å². The van der Waals surface area contributed by atoms with Crippen LogP contribution in [0.5, 0.6) is 5.75 Å². The smallest absolute Gasteiger partial charge is 0.325 e. The minimum absolute atomic E-state index is 0.0723. The van der Waals surface area contributed by atoms with Crippen molar-refractivity contribution in [2.24, 2.45) is 0 Å². The van der Waals surface area contributed by atoms with Gasteiger partial charge >= 0.3 is 6.03 Å². The summed E-state index contributed by atoms with van der Waals surface area (Å²) in [6.07, 6.45) is 4.87. The summed E-state index contributed by atoms with van der Waals surface area (Å²) in [7, 11) is 1.62. The van der Waals surface area contributed by atoms with Crippen LogP contribution in [0.15, 0.2) is 24.3 Å². The number of ether oxygens (including phenoxy) is 1. The van der Waals surface area contributed by atoms with Gasteiger partial charge in [-0.15, -0.1) is 0 Å². The first-order chi connectivity index (χ1) is 13.5. The van der Waals surface area contributed by atoms with E-state index in [1.807, 2.05) is 31.2 Å². The summed E-state index contributed by atoms with van der Waals surface area (Å²) >= 11 is 0. The number of carbonyl (C=O) groups is 3. The molecule has 1 aromatic carbocycles. The lowest BCUT2D eigenvalue weighted by atomic mass is 9.98. The quantitative estimate of drug-likeness (QED) is 0.672. The Morgan fingerprint density at radius 2 is 1.93 bits per heavy atom. The Morgan fingerprint density at radius 1 is 1.25 bits per heavy atom. The van der Waals surface area contributed by atoms with Crippen molar-refractivity contribution in [2.45, 2.75) is 63.5 Å². The second-order valence-electron chi connectivity index (χ2n) is 7.58. The molecule has 0 bridgehead atoms. The highest BCUT2D eigenvalue weighted by Gasteiger charge is 2.52. The maximum absolute atomic E-state index is 12.6. The number of methoxy groups -OCH3 is 1. The van der Waals surface area contributed by atoms with E-state index in [9.17, 15) is 14.4 Å². The first kappa shape index (κ1) is 20.2. The molecule has 1 aliphatic heterocycles. The largest absolute Gasteiger partial charge is 0.497 e. The van der Waals surface area contributed by atoms with Crippen LogP contribution in [0, 0.1) is 0 Å². The van der Waals surface area contributed by atoms with Crippen molar-refractivity contribution in [1.82, 2.24) is 15.5 Å². The van der Waals surface area contributed by atoms with Crippen LogP contribution in [-0.2, 0) is 9.59 Å². The molecule has 28 heavy (non-hydrogen) atoms. The number of benzene rings is 1. The van der Waals surface area contributed by atoms with Crippen LogP contribution in [0.2, 0.25) is 0 Å². The summed E-state index contributed by atoms with van der Waals surface area (Å²) in [6, 6.07) is 7.25. The number of hydrogen-bond acceptors (Lipinski definition) is 4. The number of urea groups is 1. The summed E-state index contributed by atoms with van der Waals surface area (Å²) in [5.41, 5.74) is 0.343. The van der Waals surface area contributed by atoms with Gasteiger partial charge in [0.2, 0.25) is 5.91 Å². The second kappa shape index (κ2) is 8.63. The van der Waals surface area contributed by atoms with Crippen molar-refractivity contribution in [1.29, 1.82) is 0 Å².